The van der Waals surface area contributed by atoms with E-state index in [9.17, 15) is 9.59 Å². The molecule has 3 aromatic rings. The first-order chi connectivity index (χ1) is 12.6. The Balaban J connectivity index is 1.72. The summed E-state index contributed by atoms with van der Waals surface area (Å²) in [6.07, 6.45) is 3.90. The molecule has 1 aliphatic rings. The molecular formula is C18H18N4O3S. The molecule has 8 heteroatoms. The summed E-state index contributed by atoms with van der Waals surface area (Å²) in [4.78, 5) is 38.3. The van der Waals surface area contributed by atoms with Crippen LogP contribution in [0.5, 0.6) is 0 Å². The fraction of sp³-hybridized carbons (Fsp3) is 0.333. The second-order valence-electron chi connectivity index (χ2n) is 6.30. The van der Waals surface area contributed by atoms with Gasteiger partial charge in [-0.15, -0.1) is 0 Å². The van der Waals surface area contributed by atoms with Gasteiger partial charge in [-0.1, -0.05) is 0 Å². The maximum atomic E-state index is 12.9. The number of hydrogen-bond donors (Lipinski definition) is 1. The highest BCUT2D eigenvalue weighted by Crippen LogP contribution is 2.31. The number of hydrogen-bond acceptors (Lipinski definition) is 6. The maximum Gasteiger partial charge on any atom is 0.292 e. The summed E-state index contributed by atoms with van der Waals surface area (Å²) >= 11 is 1.55. The van der Waals surface area contributed by atoms with E-state index in [4.69, 9.17) is 4.42 Å². The standard InChI is InChI=1S/C18H18N4O3S/c1-11-16(25-10-19-11)18(24)22-6-3-2-4-14(22)17-20-13(8-15(23)21-17)12-5-7-26-9-12/h5,7-10,14H,2-4,6H2,1H3,(H,20,21,23)/t14-/m0/s1. The average molecular weight is 370 g/mol. The zero-order chi connectivity index (χ0) is 18.1. The number of thiophene rings is 1. The SMILES string of the molecule is Cc1ncoc1C(=O)N1CCCC[C@H]1c1nc(-c2ccsc2)cc(=O)[nH]1. The van der Waals surface area contributed by atoms with Crippen molar-refractivity contribution >= 4 is 17.2 Å². The number of H-pyrrole nitrogens is 1. The van der Waals surface area contributed by atoms with E-state index >= 15 is 0 Å². The number of likely N-dealkylation sites (tertiary alicyclic amines) is 1. The van der Waals surface area contributed by atoms with E-state index in [2.05, 4.69) is 15.0 Å². The molecule has 26 heavy (non-hydrogen) atoms. The van der Waals surface area contributed by atoms with Crippen LogP contribution in [0.2, 0.25) is 0 Å². The minimum Gasteiger partial charge on any atom is -0.438 e. The predicted molar refractivity (Wildman–Crippen MR) is 97.0 cm³/mol. The molecule has 0 aromatic carbocycles. The topological polar surface area (TPSA) is 92.1 Å². The number of carbonyl (C=O) groups is 1. The first-order valence-corrected chi connectivity index (χ1v) is 9.42. The molecule has 1 atom stereocenters. The number of nitrogens with one attached hydrogen (secondary N) is 1. The summed E-state index contributed by atoms with van der Waals surface area (Å²) in [5, 5.41) is 3.90. The van der Waals surface area contributed by atoms with E-state index in [1.54, 1.807) is 23.2 Å². The van der Waals surface area contributed by atoms with E-state index in [1.165, 1.54) is 12.5 Å². The number of oxazole rings is 1. The van der Waals surface area contributed by atoms with Crippen molar-refractivity contribution in [3.63, 3.8) is 0 Å². The average Bonchev–Trinajstić information content (AvgIpc) is 3.32. The first-order valence-electron chi connectivity index (χ1n) is 8.48. The van der Waals surface area contributed by atoms with Crippen LogP contribution in [-0.2, 0) is 0 Å². The second-order valence-corrected chi connectivity index (χ2v) is 7.08. The fourth-order valence-corrected chi connectivity index (χ4v) is 3.94. The van der Waals surface area contributed by atoms with Gasteiger partial charge in [0.2, 0.25) is 5.76 Å². The lowest BCUT2D eigenvalue weighted by molar-refractivity contribution is 0.0566. The normalized spacial score (nSPS) is 17.4. The molecule has 134 valence electrons. The third-order valence-electron chi connectivity index (χ3n) is 4.60. The highest BCUT2D eigenvalue weighted by Gasteiger charge is 2.33. The van der Waals surface area contributed by atoms with E-state index in [0.29, 0.717) is 23.8 Å². The van der Waals surface area contributed by atoms with E-state index in [-0.39, 0.29) is 23.3 Å². The van der Waals surface area contributed by atoms with Gasteiger partial charge in [0.1, 0.15) is 5.82 Å². The van der Waals surface area contributed by atoms with Crippen molar-refractivity contribution in [3.8, 4) is 11.3 Å². The lowest BCUT2D eigenvalue weighted by Crippen LogP contribution is -2.40. The quantitative estimate of drug-likeness (QED) is 0.764. The Bertz CT molecular complexity index is 976. The number of nitrogens with zero attached hydrogens (tertiary/aromatic N) is 3. The first kappa shape index (κ1) is 16.7. The molecule has 1 fully saturated rings. The summed E-state index contributed by atoms with van der Waals surface area (Å²) in [6, 6.07) is 3.13. The Morgan fingerprint density at radius 1 is 1.42 bits per heavy atom. The Labute approximate surface area is 153 Å². The van der Waals surface area contributed by atoms with Gasteiger partial charge in [0.05, 0.1) is 17.4 Å². The van der Waals surface area contributed by atoms with Gasteiger partial charge < -0.3 is 14.3 Å². The van der Waals surface area contributed by atoms with Crippen molar-refractivity contribution in [2.24, 2.45) is 0 Å². The van der Waals surface area contributed by atoms with Crippen LogP contribution < -0.4 is 5.56 Å². The number of aryl methyl sites for hydroxylation is 1. The van der Waals surface area contributed by atoms with Crippen molar-refractivity contribution in [1.29, 1.82) is 0 Å². The van der Waals surface area contributed by atoms with Crippen molar-refractivity contribution in [2.75, 3.05) is 6.54 Å². The second kappa shape index (κ2) is 6.87. The molecule has 0 spiro atoms. The number of amides is 1. The summed E-state index contributed by atoms with van der Waals surface area (Å²) in [5.74, 6) is 0.547. The summed E-state index contributed by atoms with van der Waals surface area (Å²) in [6.45, 7) is 2.34. The third-order valence-corrected chi connectivity index (χ3v) is 5.28. The van der Waals surface area contributed by atoms with E-state index in [0.717, 1.165) is 24.8 Å². The molecule has 3 aromatic heterocycles. The van der Waals surface area contributed by atoms with Gasteiger partial charge in [0.15, 0.2) is 6.39 Å². The largest absolute Gasteiger partial charge is 0.438 e. The molecule has 0 unspecified atom stereocenters. The Kier molecular flexibility index (Phi) is 4.42. The van der Waals surface area contributed by atoms with Crippen molar-refractivity contribution in [1.82, 2.24) is 19.9 Å². The number of piperidine rings is 1. The molecule has 0 saturated carbocycles. The number of aromatic nitrogens is 3. The van der Waals surface area contributed by atoms with Gasteiger partial charge in [-0.05, 0) is 37.6 Å². The van der Waals surface area contributed by atoms with Crippen molar-refractivity contribution in [2.45, 2.75) is 32.2 Å². The van der Waals surface area contributed by atoms with Gasteiger partial charge >= 0.3 is 0 Å². The van der Waals surface area contributed by atoms with Crippen LogP contribution in [0.15, 0.2) is 38.5 Å². The number of aromatic amines is 1. The van der Waals surface area contributed by atoms with Gasteiger partial charge in [-0.25, -0.2) is 9.97 Å². The van der Waals surface area contributed by atoms with E-state index in [1.807, 2.05) is 16.8 Å². The summed E-state index contributed by atoms with van der Waals surface area (Å²) in [5.41, 5.74) is 1.87. The molecule has 1 N–H and O–H groups in total. The van der Waals surface area contributed by atoms with Crippen LogP contribution in [0.1, 0.15) is 47.4 Å². The molecule has 1 amide bonds. The minimum atomic E-state index is -0.285. The lowest BCUT2D eigenvalue weighted by Gasteiger charge is -2.34. The minimum absolute atomic E-state index is 0.215. The molecule has 0 aliphatic carbocycles. The molecule has 0 bridgehead atoms. The van der Waals surface area contributed by atoms with Crippen LogP contribution in [0.25, 0.3) is 11.3 Å². The highest BCUT2D eigenvalue weighted by atomic mass is 32.1. The highest BCUT2D eigenvalue weighted by molar-refractivity contribution is 7.08. The molecule has 4 heterocycles. The molecule has 1 aliphatic heterocycles. The van der Waals surface area contributed by atoms with Gasteiger partial charge in [-0.3, -0.25) is 9.59 Å². The zero-order valence-electron chi connectivity index (χ0n) is 14.3. The molecule has 4 rings (SSSR count). The lowest BCUT2D eigenvalue weighted by atomic mass is 10.0. The smallest absolute Gasteiger partial charge is 0.292 e. The van der Waals surface area contributed by atoms with Crippen LogP contribution in [0.4, 0.5) is 0 Å². The van der Waals surface area contributed by atoms with Gasteiger partial charge in [-0.2, -0.15) is 11.3 Å². The van der Waals surface area contributed by atoms with Crippen molar-refractivity contribution < 1.29 is 9.21 Å². The Morgan fingerprint density at radius 2 is 2.31 bits per heavy atom. The number of rotatable bonds is 3. The van der Waals surface area contributed by atoms with Crippen LogP contribution >= 0.6 is 11.3 Å². The molecule has 0 radical (unpaired) electrons. The Hall–Kier alpha value is -2.74. The summed E-state index contributed by atoms with van der Waals surface area (Å²) in [7, 11) is 0. The van der Waals surface area contributed by atoms with Crippen molar-refractivity contribution in [3.05, 3.63) is 56.9 Å². The molecular weight excluding hydrogens is 352 g/mol. The molecule has 7 nitrogen and oxygen atoms in total. The third kappa shape index (κ3) is 3.08. The fourth-order valence-electron chi connectivity index (χ4n) is 3.29. The van der Waals surface area contributed by atoms with Crippen LogP contribution in [-0.4, -0.2) is 32.3 Å². The zero-order valence-corrected chi connectivity index (χ0v) is 15.1. The summed E-state index contributed by atoms with van der Waals surface area (Å²) < 4.78 is 5.28. The Morgan fingerprint density at radius 3 is 3.04 bits per heavy atom. The predicted octanol–water partition coefficient (Wildman–Crippen LogP) is 3.16. The van der Waals surface area contributed by atoms with Crippen LogP contribution in [0.3, 0.4) is 0 Å². The van der Waals surface area contributed by atoms with Gasteiger partial charge in [0.25, 0.3) is 11.5 Å². The maximum absolute atomic E-state index is 12.9. The van der Waals surface area contributed by atoms with Crippen LogP contribution in [0, 0.1) is 6.92 Å². The van der Waals surface area contributed by atoms with Gasteiger partial charge in [0, 0.05) is 23.6 Å². The monoisotopic (exact) mass is 370 g/mol. The van der Waals surface area contributed by atoms with E-state index < -0.39 is 0 Å². The number of carbonyl (C=O) groups excluding carboxylic acids is 1. The molecule has 1 saturated heterocycles.